The number of hydrogen-bond acceptors (Lipinski definition) is 3. The Morgan fingerprint density at radius 1 is 1.14 bits per heavy atom. The quantitative estimate of drug-likeness (QED) is 0.926. The Morgan fingerprint density at radius 2 is 1.86 bits per heavy atom. The number of piperidine rings is 1. The first-order chi connectivity index (χ1) is 10.5. The molecule has 1 aromatic rings. The molecule has 2 fully saturated rings. The number of β-amino-alcohol motifs (C(OH)–C–C–N with tert-alkyl or cyclic N) is 1. The number of hydrogen-bond donors (Lipinski definition) is 1. The number of likely N-dealkylation sites (tertiary alicyclic amines) is 2. The van der Waals surface area contributed by atoms with Crippen molar-refractivity contribution in [1.82, 2.24) is 9.80 Å². The first kappa shape index (κ1) is 15.9. The average Bonchev–Trinajstić information content (AvgIpc) is 2.95. The molecule has 2 aliphatic heterocycles. The molecule has 0 saturated carbocycles. The second-order valence-corrected chi connectivity index (χ2v) is 7.12. The maximum Gasteiger partial charge on any atom is 0.127 e. The molecule has 0 amide bonds. The van der Waals surface area contributed by atoms with Crippen molar-refractivity contribution in [1.29, 1.82) is 0 Å². The van der Waals surface area contributed by atoms with Crippen LogP contribution in [0, 0.1) is 12.7 Å². The van der Waals surface area contributed by atoms with E-state index in [-0.39, 0.29) is 5.82 Å². The fourth-order valence-electron chi connectivity index (χ4n) is 3.89. The molecule has 1 atom stereocenters. The molecule has 2 aliphatic rings. The second kappa shape index (κ2) is 6.65. The molecule has 122 valence electrons. The van der Waals surface area contributed by atoms with Gasteiger partial charge < -0.3 is 10.0 Å². The van der Waals surface area contributed by atoms with Crippen LogP contribution in [-0.2, 0) is 6.54 Å². The van der Waals surface area contributed by atoms with Crippen molar-refractivity contribution in [3.63, 3.8) is 0 Å². The minimum Gasteiger partial charge on any atom is -0.387 e. The van der Waals surface area contributed by atoms with Crippen molar-refractivity contribution >= 4 is 0 Å². The van der Waals surface area contributed by atoms with Crippen LogP contribution in [-0.4, -0.2) is 53.2 Å². The zero-order valence-corrected chi connectivity index (χ0v) is 13.5. The van der Waals surface area contributed by atoms with Gasteiger partial charge in [-0.15, -0.1) is 0 Å². The van der Waals surface area contributed by atoms with Gasteiger partial charge in [0, 0.05) is 25.2 Å². The fourth-order valence-corrected chi connectivity index (χ4v) is 3.89. The van der Waals surface area contributed by atoms with Gasteiger partial charge in [0.05, 0.1) is 5.60 Å². The molecule has 22 heavy (non-hydrogen) atoms. The summed E-state index contributed by atoms with van der Waals surface area (Å²) in [5.74, 6) is -0.140. The van der Waals surface area contributed by atoms with Gasteiger partial charge in [0.1, 0.15) is 5.82 Å². The summed E-state index contributed by atoms with van der Waals surface area (Å²) in [5, 5.41) is 10.9. The molecule has 0 spiro atoms. The molecule has 0 unspecified atom stereocenters. The maximum atomic E-state index is 13.9. The highest BCUT2D eigenvalue weighted by atomic mass is 19.1. The molecule has 0 radical (unpaired) electrons. The molecule has 1 N–H and O–H groups in total. The Morgan fingerprint density at radius 3 is 2.64 bits per heavy atom. The van der Waals surface area contributed by atoms with E-state index < -0.39 is 5.60 Å². The van der Waals surface area contributed by atoms with Gasteiger partial charge in [-0.25, -0.2) is 4.39 Å². The third kappa shape index (κ3) is 3.86. The van der Waals surface area contributed by atoms with Crippen LogP contribution < -0.4 is 0 Å². The van der Waals surface area contributed by atoms with Crippen LogP contribution in [0.5, 0.6) is 0 Å². The van der Waals surface area contributed by atoms with Crippen molar-refractivity contribution in [2.24, 2.45) is 0 Å². The third-order valence-corrected chi connectivity index (χ3v) is 4.95. The highest BCUT2D eigenvalue weighted by Crippen LogP contribution is 2.25. The van der Waals surface area contributed by atoms with E-state index in [4.69, 9.17) is 0 Å². The van der Waals surface area contributed by atoms with E-state index in [2.05, 4.69) is 9.80 Å². The zero-order chi connectivity index (χ0) is 15.6. The molecule has 1 aromatic carbocycles. The Balaban J connectivity index is 1.63. The van der Waals surface area contributed by atoms with E-state index >= 15 is 0 Å². The second-order valence-electron chi connectivity index (χ2n) is 7.12. The van der Waals surface area contributed by atoms with Crippen LogP contribution in [0.4, 0.5) is 4.39 Å². The van der Waals surface area contributed by atoms with Crippen molar-refractivity contribution < 1.29 is 9.50 Å². The molecule has 2 saturated heterocycles. The van der Waals surface area contributed by atoms with Crippen LogP contribution >= 0.6 is 0 Å². The lowest BCUT2D eigenvalue weighted by Gasteiger charge is -2.41. The zero-order valence-electron chi connectivity index (χ0n) is 13.5. The molecular formula is C18H27FN2O. The predicted octanol–water partition coefficient (Wildman–Crippen LogP) is 2.56. The summed E-state index contributed by atoms with van der Waals surface area (Å²) in [7, 11) is 0. The highest BCUT2D eigenvalue weighted by molar-refractivity contribution is 5.24. The van der Waals surface area contributed by atoms with E-state index in [1.54, 1.807) is 12.1 Å². The van der Waals surface area contributed by atoms with Crippen LogP contribution in [0.25, 0.3) is 0 Å². The molecule has 3 nitrogen and oxygen atoms in total. The molecule has 0 aromatic heterocycles. The largest absolute Gasteiger partial charge is 0.387 e. The van der Waals surface area contributed by atoms with Gasteiger partial charge >= 0.3 is 0 Å². The van der Waals surface area contributed by atoms with Crippen LogP contribution in [0.1, 0.15) is 36.8 Å². The summed E-state index contributed by atoms with van der Waals surface area (Å²) in [6, 6.07) is 5.27. The topological polar surface area (TPSA) is 26.7 Å². The standard InChI is InChI=1S/C18H27FN2O/c1-15-5-6-17(19)16(11-15)12-21-10-4-7-18(22,14-21)13-20-8-2-3-9-20/h5-6,11,22H,2-4,7-10,12-14H2,1H3/t18-/m1/s1. The van der Waals surface area contributed by atoms with Gasteiger partial charge in [0.15, 0.2) is 0 Å². The maximum absolute atomic E-state index is 13.9. The van der Waals surface area contributed by atoms with Crippen molar-refractivity contribution in [2.45, 2.75) is 44.8 Å². The monoisotopic (exact) mass is 306 g/mol. The Labute approximate surface area is 132 Å². The number of halogens is 1. The average molecular weight is 306 g/mol. The van der Waals surface area contributed by atoms with Crippen LogP contribution in [0.3, 0.4) is 0 Å². The Hall–Kier alpha value is -0.970. The molecule has 4 heteroatoms. The fraction of sp³-hybridized carbons (Fsp3) is 0.667. The summed E-state index contributed by atoms with van der Waals surface area (Å²) < 4.78 is 13.9. The first-order valence-electron chi connectivity index (χ1n) is 8.46. The van der Waals surface area contributed by atoms with Gasteiger partial charge in [-0.3, -0.25) is 4.90 Å². The third-order valence-electron chi connectivity index (χ3n) is 4.95. The smallest absolute Gasteiger partial charge is 0.127 e. The SMILES string of the molecule is Cc1ccc(F)c(CN2CCC[C@@](O)(CN3CCCC3)C2)c1. The number of aliphatic hydroxyl groups is 1. The van der Waals surface area contributed by atoms with Gasteiger partial charge in [-0.1, -0.05) is 17.7 Å². The molecule has 3 rings (SSSR count). The van der Waals surface area contributed by atoms with Crippen LogP contribution in [0.15, 0.2) is 18.2 Å². The van der Waals surface area contributed by atoms with Crippen molar-refractivity contribution in [3.05, 3.63) is 35.1 Å². The van der Waals surface area contributed by atoms with E-state index in [9.17, 15) is 9.50 Å². The molecule has 0 bridgehead atoms. The number of rotatable bonds is 4. The summed E-state index contributed by atoms with van der Waals surface area (Å²) in [5.41, 5.74) is 1.19. The Bertz CT molecular complexity index is 516. The van der Waals surface area contributed by atoms with Gasteiger partial charge in [-0.2, -0.15) is 0 Å². The number of nitrogens with zero attached hydrogens (tertiary/aromatic N) is 2. The normalized spacial score (nSPS) is 27.4. The minimum absolute atomic E-state index is 0.140. The summed E-state index contributed by atoms with van der Waals surface area (Å²) in [6.45, 7) is 7.15. The van der Waals surface area contributed by atoms with Gasteiger partial charge in [-0.05, 0) is 58.3 Å². The molecular weight excluding hydrogens is 279 g/mol. The summed E-state index contributed by atoms with van der Waals surface area (Å²) >= 11 is 0. The van der Waals surface area contributed by atoms with Crippen molar-refractivity contribution in [3.8, 4) is 0 Å². The lowest BCUT2D eigenvalue weighted by Crippen LogP contribution is -2.53. The number of aryl methyl sites for hydroxylation is 1. The van der Waals surface area contributed by atoms with Crippen molar-refractivity contribution in [2.75, 3.05) is 32.7 Å². The first-order valence-corrected chi connectivity index (χ1v) is 8.46. The minimum atomic E-state index is -0.636. The molecule has 2 heterocycles. The summed E-state index contributed by atoms with van der Waals surface area (Å²) in [6.07, 6.45) is 4.33. The lowest BCUT2D eigenvalue weighted by atomic mass is 9.92. The van der Waals surface area contributed by atoms with Gasteiger partial charge in [0.2, 0.25) is 0 Å². The Kier molecular flexibility index (Phi) is 4.81. The molecule has 0 aliphatic carbocycles. The van der Waals surface area contributed by atoms with Gasteiger partial charge in [0.25, 0.3) is 0 Å². The van der Waals surface area contributed by atoms with E-state index in [0.717, 1.165) is 50.1 Å². The lowest BCUT2D eigenvalue weighted by molar-refractivity contribution is -0.0521. The van der Waals surface area contributed by atoms with E-state index in [1.165, 1.54) is 12.8 Å². The summed E-state index contributed by atoms with van der Waals surface area (Å²) in [4.78, 5) is 4.58. The van der Waals surface area contributed by atoms with E-state index in [1.807, 2.05) is 13.0 Å². The predicted molar refractivity (Wildman–Crippen MR) is 86.3 cm³/mol. The highest BCUT2D eigenvalue weighted by Gasteiger charge is 2.35. The van der Waals surface area contributed by atoms with E-state index in [0.29, 0.717) is 13.1 Å². The van der Waals surface area contributed by atoms with Crippen LogP contribution in [0.2, 0.25) is 0 Å². The number of benzene rings is 1.